The number of nitrogens with zero attached hydrogens (tertiary/aromatic N) is 1. The summed E-state index contributed by atoms with van der Waals surface area (Å²) in [7, 11) is 3.98. The van der Waals surface area contributed by atoms with E-state index in [1.807, 2.05) is 68.4 Å². The number of amides is 2. The highest BCUT2D eigenvalue weighted by molar-refractivity contribution is 5.94. The van der Waals surface area contributed by atoms with Gasteiger partial charge in [-0.2, -0.15) is 0 Å². The summed E-state index contributed by atoms with van der Waals surface area (Å²) in [6, 6.07) is 16.8. The van der Waals surface area contributed by atoms with Crippen molar-refractivity contribution in [3.8, 4) is 0 Å². The van der Waals surface area contributed by atoms with E-state index in [1.54, 1.807) is 12.1 Å². The largest absolute Gasteiger partial charge is 0.378 e. The lowest BCUT2D eigenvalue weighted by molar-refractivity contribution is -0.121. The summed E-state index contributed by atoms with van der Waals surface area (Å²) in [6.45, 7) is 2.30. The predicted molar refractivity (Wildman–Crippen MR) is 101 cm³/mol. The second kappa shape index (κ2) is 8.87. The van der Waals surface area contributed by atoms with Gasteiger partial charge in [0.05, 0.1) is 0 Å². The summed E-state index contributed by atoms with van der Waals surface area (Å²) in [6.07, 6.45) is 0.244. The van der Waals surface area contributed by atoms with E-state index in [0.29, 0.717) is 12.1 Å². The molecule has 2 N–H and O–H groups in total. The molecule has 0 radical (unpaired) electrons. The summed E-state index contributed by atoms with van der Waals surface area (Å²) >= 11 is 0. The monoisotopic (exact) mass is 339 g/mol. The van der Waals surface area contributed by atoms with Crippen LogP contribution in [0.1, 0.15) is 29.3 Å². The number of hydrogen-bond acceptors (Lipinski definition) is 3. The van der Waals surface area contributed by atoms with Crippen molar-refractivity contribution < 1.29 is 9.59 Å². The molecule has 0 saturated heterocycles. The van der Waals surface area contributed by atoms with Crippen molar-refractivity contribution in [1.82, 2.24) is 10.6 Å². The number of hydrogen-bond donors (Lipinski definition) is 2. The van der Waals surface area contributed by atoms with Gasteiger partial charge < -0.3 is 15.5 Å². The number of carbonyl (C=O) groups excluding carboxylic acids is 2. The summed E-state index contributed by atoms with van der Waals surface area (Å²) in [5.41, 5.74) is 2.75. The highest BCUT2D eigenvalue weighted by Crippen LogP contribution is 2.12. The highest BCUT2D eigenvalue weighted by Gasteiger charge is 2.13. The molecule has 0 bridgehead atoms. The van der Waals surface area contributed by atoms with Crippen molar-refractivity contribution >= 4 is 17.5 Å². The topological polar surface area (TPSA) is 61.4 Å². The third kappa shape index (κ3) is 5.95. The van der Waals surface area contributed by atoms with Crippen molar-refractivity contribution in [3.05, 3.63) is 65.7 Å². The Labute approximate surface area is 149 Å². The summed E-state index contributed by atoms with van der Waals surface area (Å²) < 4.78 is 0. The lowest BCUT2D eigenvalue weighted by atomic mass is 10.1. The van der Waals surface area contributed by atoms with E-state index in [1.165, 1.54) is 0 Å². The lowest BCUT2D eigenvalue weighted by Crippen LogP contribution is -2.37. The molecule has 1 unspecified atom stereocenters. The minimum absolute atomic E-state index is 0.0856. The molecule has 0 heterocycles. The quantitative estimate of drug-likeness (QED) is 0.815. The van der Waals surface area contributed by atoms with E-state index in [-0.39, 0.29) is 24.3 Å². The van der Waals surface area contributed by atoms with Crippen LogP contribution in [-0.4, -0.2) is 32.0 Å². The van der Waals surface area contributed by atoms with Crippen LogP contribution in [0.2, 0.25) is 0 Å². The zero-order chi connectivity index (χ0) is 18.2. The predicted octanol–water partition coefficient (Wildman–Crippen LogP) is 2.58. The first-order chi connectivity index (χ1) is 12.0. The Kier molecular flexibility index (Phi) is 6.57. The molecule has 0 aliphatic carbocycles. The van der Waals surface area contributed by atoms with Gasteiger partial charge in [-0.05, 0) is 36.8 Å². The highest BCUT2D eigenvalue weighted by atomic mass is 16.2. The van der Waals surface area contributed by atoms with Crippen LogP contribution in [0.4, 0.5) is 5.69 Å². The first-order valence-corrected chi connectivity index (χ1v) is 8.34. The van der Waals surface area contributed by atoms with E-state index in [9.17, 15) is 9.59 Å². The molecule has 132 valence electrons. The molecular formula is C20H25N3O2. The normalized spacial score (nSPS) is 11.5. The number of anilines is 1. The first-order valence-electron chi connectivity index (χ1n) is 8.34. The van der Waals surface area contributed by atoms with Crippen molar-refractivity contribution in [3.63, 3.8) is 0 Å². The Hall–Kier alpha value is -2.82. The molecule has 1 atom stereocenters. The molecule has 0 saturated carbocycles. The van der Waals surface area contributed by atoms with E-state index >= 15 is 0 Å². The maximum absolute atomic E-state index is 12.1. The molecule has 0 aromatic heterocycles. The molecule has 0 fully saturated rings. The van der Waals surface area contributed by atoms with Crippen LogP contribution >= 0.6 is 0 Å². The van der Waals surface area contributed by atoms with Gasteiger partial charge in [-0.15, -0.1) is 0 Å². The van der Waals surface area contributed by atoms with Gasteiger partial charge in [0.15, 0.2) is 0 Å². The maximum atomic E-state index is 12.1. The number of carbonyl (C=O) groups is 2. The first kappa shape index (κ1) is 18.5. The van der Waals surface area contributed by atoms with Crippen molar-refractivity contribution in [2.75, 3.05) is 19.0 Å². The molecule has 2 rings (SSSR count). The summed E-state index contributed by atoms with van der Waals surface area (Å²) in [5, 5.41) is 5.73. The Balaban J connectivity index is 1.76. The molecule has 2 aromatic rings. The molecule has 5 heteroatoms. The summed E-state index contributed by atoms with van der Waals surface area (Å²) in [5.74, 6) is -0.252. The standard InChI is InChI=1S/C20H25N3O2/c1-15(22-20(25)17-7-5-4-6-8-17)13-19(24)21-14-16-9-11-18(12-10-16)23(2)3/h4-12,15H,13-14H2,1-3H3,(H,21,24)(H,22,25). The Morgan fingerprint density at radius 3 is 2.24 bits per heavy atom. The fourth-order valence-electron chi connectivity index (χ4n) is 2.41. The van der Waals surface area contributed by atoms with Crippen LogP contribution in [0.5, 0.6) is 0 Å². The smallest absolute Gasteiger partial charge is 0.251 e. The lowest BCUT2D eigenvalue weighted by Gasteiger charge is -2.15. The van der Waals surface area contributed by atoms with E-state index in [4.69, 9.17) is 0 Å². The molecule has 5 nitrogen and oxygen atoms in total. The van der Waals surface area contributed by atoms with Gasteiger partial charge in [0.25, 0.3) is 5.91 Å². The van der Waals surface area contributed by atoms with Crippen molar-refractivity contribution in [2.45, 2.75) is 25.9 Å². The maximum Gasteiger partial charge on any atom is 0.251 e. The van der Waals surface area contributed by atoms with Gasteiger partial charge in [-0.3, -0.25) is 9.59 Å². The molecule has 0 spiro atoms. The molecular weight excluding hydrogens is 314 g/mol. The van der Waals surface area contributed by atoms with E-state index < -0.39 is 0 Å². The van der Waals surface area contributed by atoms with Crippen molar-refractivity contribution in [2.24, 2.45) is 0 Å². The average Bonchev–Trinajstić information content (AvgIpc) is 2.61. The molecule has 2 aromatic carbocycles. The van der Waals surface area contributed by atoms with Crippen molar-refractivity contribution in [1.29, 1.82) is 0 Å². The fourth-order valence-corrected chi connectivity index (χ4v) is 2.41. The average molecular weight is 339 g/mol. The van der Waals surface area contributed by atoms with Crippen LogP contribution in [-0.2, 0) is 11.3 Å². The van der Waals surface area contributed by atoms with Crippen LogP contribution in [0.3, 0.4) is 0 Å². The summed E-state index contributed by atoms with van der Waals surface area (Å²) in [4.78, 5) is 26.1. The van der Waals surface area contributed by atoms with Gasteiger partial charge >= 0.3 is 0 Å². The Morgan fingerprint density at radius 1 is 1.00 bits per heavy atom. The van der Waals surface area contributed by atoms with Gasteiger partial charge in [0.1, 0.15) is 0 Å². The zero-order valence-corrected chi connectivity index (χ0v) is 15.0. The second-order valence-corrected chi connectivity index (χ2v) is 6.28. The Morgan fingerprint density at radius 2 is 1.64 bits per heavy atom. The third-order valence-corrected chi connectivity index (χ3v) is 3.85. The number of nitrogens with one attached hydrogen (secondary N) is 2. The fraction of sp³-hybridized carbons (Fsp3) is 0.300. The van der Waals surface area contributed by atoms with Crippen LogP contribution in [0, 0.1) is 0 Å². The van der Waals surface area contributed by atoms with Gasteiger partial charge in [-0.1, -0.05) is 30.3 Å². The van der Waals surface area contributed by atoms with Crippen LogP contribution < -0.4 is 15.5 Å². The van der Waals surface area contributed by atoms with Crippen LogP contribution in [0.15, 0.2) is 54.6 Å². The van der Waals surface area contributed by atoms with E-state index in [2.05, 4.69) is 10.6 Å². The Bertz CT molecular complexity index is 697. The second-order valence-electron chi connectivity index (χ2n) is 6.28. The molecule has 2 amide bonds. The molecule has 0 aliphatic heterocycles. The van der Waals surface area contributed by atoms with E-state index in [0.717, 1.165) is 11.3 Å². The minimum Gasteiger partial charge on any atom is -0.378 e. The van der Waals surface area contributed by atoms with Gasteiger partial charge in [-0.25, -0.2) is 0 Å². The number of benzene rings is 2. The SMILES string of the molecule is CC(CC(=O)NCc1ccc(N(C)C)cc1)NC(=O)c1ccccc1. The van der Waals surface area contributed by atoms with Gasteiger partial charge in [0.2, 0.25) is 5.91 Å². The molecule has 0 aliphatic rings. The van der Waals surface area contributed by atoms with Crippen LogP contribution in [0.25, 0.3) is 0 Å². The van der Waals surface area contributed by atoms with Gasteiger partial charge in [0, 0.05) is 44.4 Å². The zero-order valence-electron chi connectivity index (χ0n) is 15.0. The molecule has 25 heavy (non-hydrogen) atoms. The third-order valence-electron chi connectivity index (χ3n) is 3.85. The number of rotatable bonds is 7. The minimum atomic E-state index is -0.233.